The van der Waals surface area contributed by atoms with E-state index >= 15 is 0 Å². The third kappa shape index (κ3) is 27.1. The standard InChI is InChI=1S/C17H20N4O4.C14H17ClO3.C8H12N4O5.C7H14N4Si.C3H4N4O.C2H3N.CH3O.4CH4.Na/c1-3-12-10(2)13(25-15(22)11-7-5-4-6-8-11)14(24-12)21-9-19-16(18)20-17(21)23;1-3-11-9(2)12(13(15)17-11)18-14(16)10-7-5-4-6-8-10;9-7-10-2-12(8(16)11-7)6-5(15)4(14)3(1-13)17-6;1-6-8-5-9-7(10-6)11-12(2,3)4;4-2-5-1-6-3(8)7-2;1-2-3;1-2;;;;;/h4-10,12-14H,3H2,1-2H3,(H2,18,20,23);4-9,11-13H,3H2,1-2H3;2-6,13-15H,1H2,(H2,9,11,16);5H,1-4H3,(H,8,9,10,11);1H,(H3,4,5,6,7,8);1H3;1H3;4*1H4;/q;;;;;;-1;;;;;+1/t10-,12+,13?,14+;9-,11+,12?,13?;3-,4+,5?,6-;;;;;;;;;/m001........./s1. The summed E-state index contributed by atoms with van der Waals surface area (Å²) in [6, 6.07) is 19.4. The first-order valence-electron chi connectivity index (χ1n) is 26.2. The van der Waals surface area contributed by atoms with E-state index in [1.165, 1.54) is 24.1 Å². The normalized spacial score (nSPS) is 22.1. The van der Waals surface area contributed by atoms with Crippen LogP contribution in [0.2, 0.25) is 19.6 Å². The van der Waals surface area contributed by atoms with Crippen molar-refractivity contribution in [2.75, 3.05) is 35.9 Å². The number of nitriles is 1. The average Bonchev–Trinajstić information content (AvgIpc) is 3.63. The zero-order valence-corrected chi connectivity index (χ0v) is 53.2. The van der Waals surface area contributed by atoms with E-state index in [2.05, 4.69) is 74.5 Å². The summed E-state index contributed by atoms with van der Waals surface area (Å²) >= 11 is 6.08. The van der Waals surface area contributed by atoms with Crippen LogP contribution in [0, 0.1) is 30.1 Å². The largest absolute Gasteiger partial charge is 1.00 e. The van der Waals surface area contributed by atoms with Gasteiger partial charge in [-0.3, -0.25) is 14.1 Å². The second-order valence-corrected chi connectivity index (χ2v) is 24.5. The van der Waals surface area contributed by atoms with Crippen LogP contribution in [0.1, 0.15) is 116 Å². The van der Waals surface area contributed by atoms with Gasteiger partial charge in [0, 0.05) is 18.8 Å². The molecule has 4 unspecified atom stereocenters. The number of carbonyl (C=O) groups excluding carboxylic acids is 2. The average molecular weight is 1310 g/mol. The summed E-state index contributed by atoms with van der Waals surface area (Å²) in [5.41, 5.74) is 14.3. The number of aliphatic hydroxyl groups is 3. The van der Waals surface area contributed by atoms with Crippen LogP contribution in [0.3, 0.4) is 0 Å². The van der Waals surface area contributed by atoms with Crippen molar-refractivity contribution in [3.8, 4) is 6.07 Å². The molecule has 0 saturated carbocycles. The molecule has 12 atom stereocenters. The van der Waals surface area contributed by atoms with Gasteiger partial charge in [0.15, 0.2) is 24.1 Å². The van der Waals surface area contributed by atoms with Crippen LogP contribution >= 0.6 is 11.6 Å². The Labute approximate surface area is 552 Å². The van der Waals surface area contributed by atoms with Crippen molar-refractivity contribution in [1.82, 2.24) is 59.0 Å². The maximum atomic E-state index is 12.4. The molecule has 0 aliphatic carbocycles. The van der Waals surface area contributed by atoms with Crippen LogP contribution in [0.15, 0.2) is 100 Å². The topological polar surface area (TPSA) is 471 Å². The fourth-order valence-electron chi connectivity index (χ4n) is 7.95. The second kappa shape index (κ2) is 43.4. The molecule has 31 nitrogen and oxygen atoms in total. The fourth-order valence-corrected chi connectivity index (χ4v) is 9.15. The maximum absolute atomic E-state index is 12.4. The number of anilines is 4. The number of halogens is 1. The number of nitrogens with two attached hydrogens (primary N) is 3. The van der Waals surface area contributed by atoms with Crippen molar-refractivity contribution >= 4 is 55.6 Å². The Kier molecular flexibility index (Phi) is 42.0. The molecule has 3 fully saturated rings. The monoisotopic (exact) mass is 1310 g/mol. The zero-order chi connectivity index (χ0) is 63.6. The first kappa shape index (κ1) is 86.9. The molecule has 90 heavy (non-hydrogen) atoms. The Balaban J connectivity index is -0.00000105. The summed E-state index contributed by atoms with van der Waals surface area (Å²) in [5.74, 6) is 0.440. The van der Waals surface area contributed by atoms with Crippen LogP contribution in [0.25, 0.3) is 0 Å². The van der Waals surface area contributed by atoms with Crippen molar-refractivity contribution < 1.29 is 83.3 Å². The van der Waals surface area contributed by atoms with Crippen LogP contribution in [-0.2, 0) is 23.7 Å². The first-order chi connectivity index (χ1) is 40.4. The number of aliphatic hydroxyl groups excluding tert-OH is 3. The van der Waals surface area contributed by atoms with Gasteiger partial charge < -0.3 is 66.3 Å². The van der Waals surface area contributed by atoms with Crippen LogP contribution in [0.5, 0.6) is 0 Å². The molecule has 0 spiro atoms. The molecule has 0 amide bonds. The Morgan fingerprint density at radius 2 is 1.14 bits per heavy atom. The number of carbonyl (C=O) groups is 2. The molecule has 7 heterocycles. The minimum absolute atomic E-state index is 0. The summed E-state index contributed by atoms with van der Waals surface area (Å²) < 4.78 is 29.9. The SMILES string of the molecule is C.C.C.C.CC#N.CC[C@H]1OC(Cl)C(OC(=O)c2ccccc2)[C@H]1C.CC[C@H]1O[C@@H](n2cnc(N)nc2=O)C(OC(=O)c2ccccc2)[C@H]1C.C[O-].Cc1ncnc(N[Si](C)(C)C)n1.Nc1ncn([C@@H]2O[C@H](CO)[C@H](O)C2O)c(=O)n1.Nc1ncnc(=O)[nH]1.[Na+]. The number of rotatable bonds is 11. The van der Waals surface area contributed by atoms with Gasteiger partial charge in [0.1, 0.15) is 63.8 Å². The maximum Gasteiger partial charge on any atom is 1.00 e. The number of aromatic amines is 1. The number of esters is 2. The van der Waals surface area contributed by atoms with Gasteiger partial charge in [0.05, 0.1) is 36.0 Å². The van der Waals surface area contributed by atoms with E-state index in [-0.39, 0.29) is 113 Å². The van der Waals surface area contributed by atoms with E-state index in [4.69, 9.17) is 68.0 Å². The minimum Gasteiger partial charge on any atom is -0.857 e. The zero-order valence-electron chi connectivity index (χ0n) is 49.4. The van der Waals surface area contributed by atoms with Crippen LogP contribution in [-0.4, -0.2) is 156 Å². The smallest absolute Gasteiger partial charge is 0.857 e. The molecule has 3 aliphatic heterocycles. The van der Waals surface area contributed by atoms with Gasteiger partial charge in [0.2, 0.25) is 23.8 Å². The number of aromatic nitrogens is 12. The molecule has 34 heteroatoms. The summed E-state index contributed by atoms with van der Waals surface area (Å²) in [5, 5.41) is 43.7. The van der Waals surface area contributed by atoms with Crippen LogP contribution in [0.4, 0.5) is 23.8 Å². The summed E-state index contributed by atoms with van der Waals surface area (Å²) in [7, 11) is -0.574. The molecule has 2 aromatic carbocycles. The number of benzene rings is 2. The van der Waals surface area contributed by atoms with Crippen molar-refractivity contribution in [2.24, 2.45) is 11.8 Å². The van der Waals surface area contributed by atoms with Gasteiger partial charge >= 0.3 is 58.6 Å². The predicted molar refractivity (Wildman–Crippen MR) is 336 cm³/mol. The summed E-state index contributed by atoms with van der Waals surface area (Å²) in [6.07, 6.45) is -0.0864. The molecule has 0 bridgehead atoms. The van der Waals surface area contributed by atoms with Gasteiger partial charge in [-0.1, -0.05) is 125 Å². The molecule has 3 saturated heterocycles. The second-order valence-electron chi connectivity index (χ2n) is 19.3. The molecule has 494 valence electrons. The Morgan fingerprint density at radius 3 is 1.53 bits per heavy atom. The van der Waals surface area contributed by atoms with E-state index in [1.807, 2.05) is 46.8 Å². The van der Waals surface area contributed by atoms with Gasteiger partial charge in [-0.05, 0) is 44.0 Å². The Hall–Kier alpha value is -7.26. The number of alkyl halides is 1. The van der Waals surface area contributed by atoms with E-state index in [1.54, 1.807) is 54.6 Å². The predicted octanol–water partition coefficient (Wildman–Crippen LogP) is 0.672. The molecular formula is C56H89ClN17NaO14Si. The quantitative estimate of drug-likeness (QED) is 0.0502. The van der Waals surface area contributed by atoms with E-state index in [0.29, 0.717) is 17.1 Å². The van der Waals surface area contributed by atoms with Gasteiger partial charge in [-0.2, -0.15) is 32.3 Å². The number of hydrogen-bond acceptors (Lipinski definition) is 28. The van der Waals surface area contributed by atoms with E-state index in [9.17, 15) is 34.2 Å². The molecule has 11 N–H and O–H groups in total. The molecular weight excluding hydrogens is 1220 g/mol. The molecule has 6 aromatic rings. The number of nitrogens with one attached hydrogen (secondary N) is 2. The molecule has 0 radical (unpaired) electrons. The third-order valence-electron chi connectivity index (χ3n) is 12.0. The van der Waals surface area contributed by atoms with Crippen molar-refractivity contribution in [3.63, 3.8) is 0 Å². The summed E-state index contributed by atoms with van der Waals surface area (Å²) in [6.45, 7) is 17.4. The third-order valence-corrected chi connectivity index (χ3v) is 13.3. The van der Waals surface area contributed by atoms with Gasteiger partial charge in [-0.25, -0.2) is 48.9 Å². The first-order valence-corrected chi connectivity index (χ1v) is 30.1. The number of nitrogens with zero attached hydrogens (tertiary/aromatic N) is 12. The number of hydrogen-bond donors (Lipinski definition) is 8. The van der Waals surface area contributed by atoms with Crippen molar-refractivity contribution in [1.29, 1.82) is 5.26 Å². The number of nitrogen functional groups attached to an aromatic ring is 3. The number of aryl methyl sites for hydroxylation is 1. The number of ether oxygens (including phenoxy) is 5. The van der Waals surface area contributed by atoms with Crippen molar-refractivity contribution in [3.05, 3.63) is 134 Å². The molecule has 3 aliphatic rings. The Morgan fingerprint density at radius 1 is 0.711 bits per heavy atom. The minimum atomic E-state index is -1.35. The molecule has 9 rings (SSSR count). The fraction of sp³-hybridized carbons (Fsp3) is 0.518. The van der Waals surface area contributed by atoms with Gasteiger partial charge in [-0.15, -0.1) is 0 Å². The van der Waals surface area contributed by atoms with E-state index < -0.39 is 80.3 Å². The van der Waals surface area contributed by atoms with E-state index in [0.717, 1.165) is 43.0 Å². The number of H-pyrrole nitrogens is 1. The Bertz CT molecular complexity index is 3230. The van der Waals surface area contributed by atoms with Crippen LogP contribution < -0.4 is 73.9 Å². The van der Waals surface area contributed by atoms with Crippen molar-refractivity contribution in [2.45, 2.75) is 164 Å². The van der Waals surface area contributed by atoms with Gasteiger partial charge in [0.25, 0.3) is 0 Å². The summed E-state index contributed by atoms with van der Waals surface area (Å²) in [4.78, 5) is 96.9. The molecule has 4 aromatic heterocycles.